The summed E-state index contributed by atoms with van der Waals surface area (Å²) < 4.78 is 6.37. The summed E-state index contributed by atoms with van der Waals surface area (Å²) in [5.74, 6) is 0.792. The van der Waals surface area contributed by atoms with Crippen molar-refractivity contribution in [3.8, 4) is 16.3 Å². The van der Waals surface area contributed by atoms with Gasteiger partial charge in [-0.2, -0.15) is 0 Å². The van der Waals surface area contributed by atoms with Crippen LogP contribution in [0.3, 0.4) is 0 Å². The summed E-state index contributed by atoms with van der Waals surface area (Å²) in [5.41, 5.74) is 2.50. The SMILES string of the molecule is COc1ccc(-c2nc(C(=O)N3CCCC3c3nc4ccccc4s3)cs2)cc1. The molecule has 0 N–H and O–H groups in total. The summed E-state index contributed by atoms with van der Waals surface area (Å²) in [7, 11) is 1.65. The maximum absolute atomic E-state index is 13.2. The molecule has 4 aromatic rings. The number of fused-ring (bicyclic) bond motifs is 1. The highest BCUT2D eigenvalue weighted by molar-refractivity contribution is 7.18. The smallest absolute Gasteiger partial charge is 0.273 e. The Kier molecular flexibility index (Phi) is 4.77. The van der Waals surface area contributed by atoms with E-state index in [1.807, 2.05) is 52.7 Å². The molecule has 146 valence electrons. The average molecular weight is 422 g/mol. The molecule has 1 unspecified atom stereocenters. The van der Waals surface area contributed by atoms with E-state index in [1.54, 1.807) is 18.4 Å². The van der Waals surface area contributed by atoms with Crippen molar-refractivity contribution in [3.63, 3.8) is 0 Å². The number of amides is 1. The number of hydrogen-bond acceptors (Lipinski definition) is 6. The lowest BCUT2D eigenvalue weighted by molar-refractivity contribution is 0.0730. The molecule has 2 aromatic heterocycles. The predicted octanol–water partition coefficient (Wildman–Crippen LogP) is 5.41. The Balaban J connectivity index is 1.40. The quantitative estimate of drug-likeness (QED) is 0.442. The number of hydrogen-bond donors (Lipinski definition) is 0. The van der Waals surface area contributed by atoms with Crippen molar-refractivity contribution in [2.45, 2.75) is 18.9 Å². The zero-order valence-electron chi connectivity index (χ0n) is 15.9. The van der Waals surface area contributed by atoms with Gasteiger partial charge in [0.25, 0.3) is 5.91 Å². The molecule has 1 saturated heterocycles. The fourth-order valence-electron chi connectivity index (χ4n) is 3.68. The summed E-state index contributed by atoms with van der Waals surface area (Å²) in [4.78, 5) is 24.6. The molecule has 29 heavy (non-hydrogen) atoms. The second kappa shape index (κ2) is 7.57. The Morgan fingerprint density at radius 2 is 1.97 bits per heavy atom. The normalized spacial score (nSPS) is 16.4. The van der Waals surface area contributed by atoms with E-state index >= 15 is 0 Å². The maximum atomic E-state index is 13.2. The summed E-state index contributed by atoms with van der Waals surface area (Å²) in [6.07, 6.45) is 1.93. The van der Waals surface area contributed by atoms with E-state index in [1.165, 1.54) is 11.3 Å². The predicted molar refractivity (Wildman–Crippen MR) is 117 cm³/mol. The van der Waals surface area contributed by atoms with Gasteiger partial charge in [0, 0.05) is 17.5 Å². The summed E-state index contributed by atoms with van der Waals surface area (Å²) in [6.45, 7) is 0.745. The van der Waals surface area contributed by atoms with E-state index in [9.17, 15) is 4.79 Å². The third-order valence-corrected chi connectivity index (χ3v) is 7.20. The second-order valence-corrected chi connectivity index (χ2v) is 8.86. The van der Waals surface area contributed by atoms with Gasteiger partial charge in [-0.3, -0.25) is 4.79 Å². The van der Waals surface area contributed by atoms with Crippen molar-refractivity contribution < 1.29 is 9.53 Å². The summed E-state index contributed by atoms with van der Waals surface area (Å²) >= 11 is 3.17. The van der Waals surface area contributed by atoms with Gasteiger partial charge in [0.1, 0.15) is 21.5 Å². The van der Waals surface area contributed by atoms with Crippen LogP contribution in [0.15, 0.2) is 53.9 Å². The number of carbonyl (C=O) groups excluding carboxylic acids is 1. The van der Waals surface area contributed by atoms with E-state index < -0.39 is 0 Å². The molecule has 0 bridgehead atoms. The third-order valence-electron chi connectivity index (χ3n) is 5.17. The van der Waals surface area contributed by atoms with Crippen LogP contribution in [0.5, 0.6) is 5.75 Å². The van der Waals surface area contributed by atoms with Crippen LogP contribution in [0.25, 0.3) is 20.8 Å². The van der Waals surface area contributed by atoms with Crippen LogP contribution in [0, 0.1) is 0 Å². The molecule has 1 aliphatic rings. The molecule has 5 rings (SSSR count). The molecule has 5 nitrogen and oxygen atoms in total. The van der Waals surface area contributed by atoms with Crippen molar-refractivity contribution in [3.05, 3.63) is 64.6 Å². The Hall–Kier alpha value is -2.77. The first-order valence-corrected chi connectivity index (χ1v) is 11.2. The Labute approximate surface area is 176 Å². The number of thiazole rings is 2. The minimum Gasteiger partial charge on any atom is -0.497 e. The fraction of sp³-hybridized carbons (Fsp3) is 0.227. The van der Waals surface area contributed by atoms with Gasteiger partial charge in [-0.15, -0.1) is 22.7 Å². The number of ether oxygens (including phenoxy) is 1. The summed E-state index contributed by atoms with van der Waals surface area (Å²) in [6, 6.07) is 15.9. The van der Waals surface area contributed by atoms with Gasteiger partial charge < -0.3 is 9.64 Å². The molecule has 0 aliphatic carbocycles. The van der Waals surface area contributed by atoms with Gasteiger partial charge in [0.15, 0.2) is 0 Å². The highest BCUT2D eigenvalue weighted by Crippen LogP contribution is 2.37. The largest absolute Gasteiger partial charge is 0.497 e. The minimum absolute atomic E-state index is 0.0113. The maximum Gasteiger partial charge on any atom is 0.273 e. The van der Waals surface area contributed by atoms with Crippen LogP contribution >= 0.6 is 22.7 Å². The van der Waals surface area contributed by atoms with Crippen LogP contribution in [0.4, 0.5) is 0 Å². The van der Waals surface area contributed by atoms with Crippen molar-refractivity contribution in [2.75, 3.05) is 13.7 Å². The van der Waals surface area contributed by atoms with E-state index in [-0.39, 0.29) is 11.9 Å². The lowest BCUT2D eigenvalue weighted by Gasteiger charge is -2.22. The first-order chi connectivity index (χ1) is 14.2. The molecule has 7 heteroatoms. The summed E-state index contributed by atoms with van der Waals surface area (Å²) in [5, 5.41) is 3.71. The number of benzene rings is 2. The molecule has 1 fully saturated rings. The topological polar surface area (TPSA) is 55.3 Å². The number of aromatic nitrogens is 2. The molecule has 1 atom stereocenters. The van der Waals surface area contributed by atoms with Crippen LogP contribution in [0.1, 0.15) is 34.4 Å². The zero-order chi connectivity index (χ0) is 19.8. The molecule has 0 saturated carbocycles. The van der Waals surface area contributed by atoms with E-state index in [4.69, 9.17) is 9.72 Å². The Morgan fingerprint density at radius 3 is 2.76 bits per heavy atom. The number of nitrogens with zero attached hydrogens (tertiary/aromatic N) is 3. The van der Waals surface area contributed by atoms with Crippen molar-refractivity contribution >= 4 is 38.8 Å². The van der Waals surface area contributed by atoms with Crippen molar-refractivity contribution in [1.82, 2.24) is 14.9 Å². The van der Waals surface area contributed by atoms with Crippen molar-refractivity contribution in [2.24, 2.45) is 0 Å². The minimum atomic E-state index is -0.0113. The molecule has 3 heterocycles. The highest BCUT2D eigenvalue weighted by atomic mass is 32.1. The number of carbonyl (C=O) groups is 1. The molecule has 0 radical (unpaired) electrons. The Morgan fingerprint density at radius 1 is 1.14 bits per heavy atom. The number of methoxy groups -OCH3 is 1. The van der Waals surface area contributed by atoms with E-state index in [0.29, 0.717) is 5.69 Å². The van der Waals surface area contributed by atoms with Gasteiger partial charge in [-0.05, 0) is 49.2 Å². The van der Waals surface area contributed by atoms with Gasteiger partial charge in [-0.25, -0.2) is 9.97 Å². The first-order valence-electron chi connectivity index (χ1n) is 9.49. The number of rotatable bonds is 4. The lowest BCUT2D eigenvalue weighted by Crippen LogP contribution is -2.30. The number of para-hydroxylation sites is 1. The van der Waals surface area contributed by atoms with E-state index in [0.717, 1.165) is 50.9 Å². The average Bonchev–Trinajstić information content (AvgIpc) is 3.52. The van der Waals surface area contributed by atoms with Crippen LogP contribution in [0.2, 0.25) is 0 Å². The van der Waals surface area contributed by atoms with Gasteiger partial charge in [0.05, 0.1) is 23.4 Å². The third kappa shape index (κ3) is 3.41. The van der Waals surface area contributed by atoms with E-state index in [2.05, 4.69) is 11.1 Å². The van der Waals surface area contributed by atoms with Crippen LogP contribution in [-0.4, -0.2) is 34.4 Å². The van der Waals surface area contributed by atoms with Crippen molar-refractivity contribution in [1.29, 1.82) is 0 Å². The first kappa shape index (κ1) is 18.3. The van der Waals surface area contributed by atoms with Crippen LogP contribution in [-0.2, 0) is 0 Å². The number of likely N-dealkylation sites (tertiary alicyclic amines) is 1. The molecular formula is C22H19N3O2S2. The standard InChI is InChI=1S/C22H19N3O2S2/c1-27-15-10-8-14(9-11-15)20-24-17(13-28-20)22(26)25-12-4-6-18(25)21-23-16-5-2-3-7-19(16)29-21/h2-3,5,7-11,13,18H,4,6,12H2,1H3. The molecule has 0 spiro atoms. The van der Waals surface area contributed by atoms with Crippen LogP contribution < -0.4 is 4.74 Å². The molecule has 1 amide bonds. The molecule has 2 aromatic carbocycles. The Bertz CT molecular complexity index is 1130. The fourth-order valence-corrected chi connectivity index (χ4v) is 5.60. The lowest BCUT2D eigenvalue weighted by atomic mass is 10.2. The molecule has 1 aliphatic heterocycles. The molecular weight excluding hydrogens is 402 g/mol. The monoisotopic (exact) mass is 421 g/mol. The highest BCUT2D eigenvalue weighted by Gasteiger charge is 2.33. The van der Waals surface area contributed by atoms with Gasteiger partial charge in [0.2, 0.25) is 0 Å². The zero-order valence-corrected chi connectivity index (χ0v) is 17.5. The van der Waals surface area contributed by atoms with Gasteiger partial charge in [-0.1, -0.05) is 12.1 Å². The second-order valence-electron chi connectivity index (χ2n) is 6.94. The van der Waals surface area contributed by atoms with Gasteiger partial charge >= 0.3 is 0 Å².